The van der Waals surface area contributed by atoms with Crippen molar-refractivity contribution in [1.82, 2.24) is 35.3 Å². The van der Waals surface area contributed by atoms with Crippen LogP contribution < -0.4 is 25.2 Å². The summed E-state index contributed by atoms with van der Waals surface area (Å²) in [5.74, 6) is 1.63. The molecule has 16 heteroatoms. The molecule has 1 aromatic carbocycles. The Morgan fingerprint density at radius 2 is 1.73 bits per heavy atom. The van der Waals surface area contributed by atoms with Crippen molar-refractivity contribution >= 4 is 64.3 Å². The number of nitriles is 1. The molecule has 4 amide bonds. The molecule has 0 atom stereocenters. The number of halogens is 2. The lowest BCUT2D eigenvalue weighted by Crippen LogP contribution is -2.49. The van der Waals surface area contributed by atoms with E-state index in [-0.39, 0.29) is 42.8 Å². The number of nitrogens with zero attached hydrogens (tertiary/aromatic N) is 8. The van der Waals surface area contributed by atoms with Crippen LogP contribution >= 0.6 is 24.0 Å². The molecule has 0 radical (unpaired) electrons. The fourth-order valence-electron chi connectivity index (χ4n) is 8.53. The number of hydrogen-bond acceptors (Lipinski definition) is 10. The molecule has 4 aromatic rings. The number of fused-ring (bicyclic) bond motifs is 1. The molecule has 3 aromatic heterocycles. The maximum Gasteiger partial charge on any atom is 0.328 e. The monoisotopic (exact) mass is 800 g/mol. The molecule has 3 aliphatic heterocycles. The van der Waals surface area contributed by atoms with Crippen LogP contribution in [0.1, 0.15) is 79.9 Å². The number of anilines is 2. The minimum absolute atomic E-state index is 0. The number of carbonyl (C=O) groups is 3. The number of rotatable bonds is 9. The highest BCUT2D eigenvalue weighted by molar-refractivity contribution is 6.31. The second kappa shape index (κ2) is 17.4. The average molecular weight is 802 g/mol. The molecule has 8 rings (SSSR count). The van der Waals surface area contributed by atoms with Gasteiger partial charge in [0.2, 0.25) is 5.91 Å². The van der Waals surface area contributed by atoms with Crippen molar-refractivity contribution in [2.45, 2.75) is 76.0 Å². The Hall–Kier alpha value is -4.97. The van der Waals surface area contributed by atoms with Gasteiger partial charge in [-0.05, 0) is 87.6 Å². The van der Waals surface area contributed by atoms with Gasteiger partial charge in [-0.3, -0.25) is 24.8 Å². The molecule has 4 aliphatic rings. The van der Waals surface area contributed by atoms with Crippen LogP contribution in [0.25, 0.3) is 10.9 Å². The van der Waals surface area contributed by atoms with E-state index in [1.807, 2.05) is 12.3 Å². The number of carbonyl (C=O) groups excluding carboxylic acids is 3. The van der Waals surface area contributed by atoms with Crippen LogP contribution in [0.4, 0.5) is 16.3 Å². The minimum Gasteiger partial charge on any atom is -0.490 e. The number of pyridine rings is 1. The lowest BCUT2D eigenvalue weighted by Gasteiger charge is -2.38. The van der Waals surface area contributed by atoms with Crippen LogP contribution in [0, 0.1) is 17.2 Å². The number of ether oxygens (including phenoxy) is 1. The van der Waals surface area contributed by atoms with Gasteiger partial charge in [-0.1, -0.05) is 11.6 Å². The standard InChI is InChI=1S/C40H45ClN10O4.ClH/c41-33-21-31(4-1-27(33)22-42)55-30-5-2-28(3-6-30)44-39(53)34-7-8-37(47-46-34)49-17-9-26(10-18-49)25-48-15-11-29(12-16-48)50-19-13-32-35(50)23-43-24-36(32)51-20-14-38(52)45-40(51)54;/h1,4,7-8,13,19,21,23-24,26,28-30H,2-3,5-6,9-12,14-18,20,25H2,(H,44,53)(H,45,52,54);1H/t28-,30-;. The summed E-state index contributed by atoms with van der Waals surface area (Å²) in [6.45, 7) is 5.33. The summed E-state index contributed by atoms with van der Waals surface area (Å²) in [4.78, 5) is 48.1. The Labute approximate surface area is 336 Å². The Balaban J connectivity index is 0.00000480. The molecule has 3 saturated heterocycles. The molecule has 4 fully saturated rings. The summed E-state index contributed by atoms with van der Waals surface area (Å²) in [6, 6.07) is 12.9. The number of imide groups is 1. The summed E-state index contributed by atoms with van der Waals surface area (Å²) < 4.78 is 8.39. The van der Waals surface area contributed by atoms with Crippen molar-refractivity contribution in [2.75, 3.05) is 49.1 Å². The fraction of sp³-hybridized carbons (Fsp3) is 0.475. The first kappa shape index (κ1) is 39.3. The van der Waals surface area contributed by atoms with Crippen molar-refractivity contribution in [3.63, 3.8) is 0 Å². The predicted molar refractivity (Wildman–Crippen MR) is 214 cm³/mol. The molecule has 56 heavy (non-hydrogen) atoms. The zero-order valence-corrected chi connectivity index (χ0v) is 32.7. The van der Waals surface area contributed by atoms with E-state index in [1.54, 1.807) is 35.4 Å². The van der Waals surface area contributed by atoms with E-state index >= 15 is 0 Å². The van der Waals surface area contributed by atoms with Gasteiger partial charge >= 0.3 is 6.03 Å². The number of likely N-dealkylation sites (tertiary alicyclic amines) is 1. The van der Waals surface area contributed by atoms with Crippen molar-refractivity contribution in [3.8, 4) is 11.8 Å². The first-order valence-corrected chi connectivity index (χ1v) is 19.7. The van der Waals surface area contributed by atoms with Crippen molar-refractivity contribution in [1.29, 1.82) is 5.26 Å². The maximum absolute atomic E-state index is 13.0. The van der Waals surface area contributed by atoms with Gasteiger partial charge in [0, 0.05) is 75.4 Å². The van der Waals surface area contributed by atoms with E-state index in [4.69, 9.17) is 21.6 Å². The molecule has 0 bridgehead atoms. The van der Waals surface area contributed by atoms with Gasteiger partial charge in [0.05, 0.1) is 40.3 Å². The van der Waals surface area contributed by atoms with Crippen molar-refractivity contribution in [2.24, 2.45) is 5.92 Å². The van der Waals surface area contributed by atoms with E-state index in [0.29, 0.717) is 40.5 Å². The zero-order valence-electron chi connectivity index (χ0n) is 31.1. The number of nitrogens with one attached hydrogen (secondary N) is 2. The maximum atomic E-state index is 13.0. The van der Waals surface area contributed by atoms with Gasteiger partial charge in [0.1, 0.15) is 11.8 Å². The van der Waals surface area contributed by atoms with Crippen LogP contribution in [0.3, 0.4) is 0 Å². The van der Waals surface area contributed by atoms with Crippen LogP contribution in [0.5, 0.6) is 5.75 Å². The van der Waals surface area contributed by atoms with E-state index in [2.05, 4.69) is 58.5 Å². The van der Waals surface area contributed by atoms with E-state index in [1.165, 1.54) is 0 Å². The Morgan fingerprint density at radius 1 is 0.946 bits per heavy atom. The third kappa shape index (κ3) is 8.70. The Morgan fingerprint density at radius 3 is 2.43 bits per heavy atom. The van der Waals surface area contributed by atoms with Crippen LogP contribution in [-0.4, -0.2) is 93.9 Å². The second-order valence-corrected chi connectivity index (χ2v) is 15.5. The number of piperidine rings is 2. The van der Waals surface area contributed by atoms with Gasteiger partial charge in [-0.25, -0.2) is 4.79 Å². The largest absolute Gasteiger partial charge is 0.490 e. The van der Waals surface area contributed by atoms with Gasteiger partial charge in [-0.15, -0.1) is 22.6 Å². The molecule has 0 unspecified atom stereocenters. The number of hydrogen-bond donors (Lipinski definition) is 2. The summed E-state index contributed by atoms with van der Waals surface area (Å²) in [7, 11) is 0. The third-order valence-corrected chi connectivity index (χ3v) is 11.9. The normalized spacial score (nSPS) is 21.3. The first-order chi connectivity index (χ1) is 26.8. The van der Waals surface area contributed by atoms with E-state index in [0.717, 1.165) is 106 Å². The van der Waals surface area contributed by atoms with Crippen molar-refractivity contribution < 1.29 is 19.1 Å². The highest BCUT2D eigenvalue weighted by Crippen LogP contribution is 2.34. The lowest BCUT2D eigenvalue weighted by molar-refractivity contribution is -0.120. The molecule has 6 heterocycles. The minimum atomic E-state index is -0.394. The number of aromatic nitrogens is 4. The van der Waals surface area contributed by atoms with Gasteiger partial charge < -0.3 is 24.4 Å². The topological polar surface area (TPSA) is 162 Å². The smallest absolute Gasteiger partial charge is 0.328 e. The highest BCUT2D eigenvalue weighted by Gasteiger charge is 2.30. The molecule has 294 valence electrons. The molecule has 1 aliphatic carbocycles. The highest BCUT2D eigenvalue weighted by atomic mass is 35.5. The van der Waals surface area contributed by atoms with Gasteiger partial charge in [0.25, 0.3) is 5.91 Å². The van der Waals surface area contributed by atoms with Crippen LogP contribution in [0.2, 0.25) is 5.02 Å². The van der Waals surface area contributed by atoms with Gasteiger partial charge in [-0.2, -0.15) is 5.26 Å². The third-order valence-electron chi connectivity index (χ3n) is 11.6. The molecular weight excluding hydrogens is 755 g/mol. The lowest BCUT2D eigenvalue weighted by atomic mass is 9.92. The Bertz CT molecular complexity index is 2080. The molecule has 14 nitrogen and oxygen atoms in total. The number of urea groups is 1. The van der Waals surface area contributed by atoms with Crippen molar-refractivity contribution in [3.05, 3.63) is 71.3 Å². The first-order valence-electron chi connectivity index (χ1n) is 19.4. The summed E-state index contributed by atoms with van der Waals surface area (Å²) in [5.41, 5.74) is 2.50. The summed E-state index contributed by atoms with van der Waals surface area (Å²) in [5, 5.41) is 24.7. The Kier molecular flexibility index (Phi) is 12.2. The van der Waals surface area contributed by atoms with E-state index in [9.17, 15) is 14.4 Å². The number of amides is 4. The second-order valence-electron chi connectivity index (χ2n) is 15.1. The predicted octanol–water partition coefficient (Wildman–Crippen LogP) is 5.89. The molecule has 2 N–H and O–H groups in total. The number of benzene rings is 1. The SMILES string of the molecule is Cl.N#Cc1ccc(O[C@H]2CC[C@H](NC(=O)c3ccc(N4CCC(CN5CCC(n6ccc7c(N8CCC(=O)NC8=O)cncc76)CC5)CC4)nn3)CC2)cc1Cl. The fourth-order valence-corrected chi connectivity index (χ4v) is 8.74. The zero-order chi connectivity index (χ0) is 37.9. The molecule has 1 saturated carbocycles. The summed E-state index contributed by atoms with van der Waals surface area (Å²) >= 11 is 6.15. The quantitative estimate of drug-likeness (QED) is 0.209. The summed E-state index contributed by atoms with van der Waals surface area (Å²) in [6.07, 6.45) is 13.5. The molecule has 0 spiro atoms. The van der Waals surface area contributed by atoms with Crippen LogP contribution in [0.15, 0.2) is 55.0 Å². The van der Waals surface area contributed by atoms with E-state index < -0.39 is 6.03 Å². The molecular formula is C40H46Cl2N10O4. The van der Waals surface area contributed by atoms with Gasteiger partial charge in [0.15, 0.2) is 11.5 Å². The van der Waals surface area contributed by atoms with Crippen LogP contribution in [-0.2, 0) is 4.79 Å². The average Bonchev–Trinajstić information content (AvgIpc) is 3.64.